The van der Waals surface area contributed by atoms with Crippen molar-refractivity contribution in [2.75, 3.05) is 13.1 Å². The van der Waals surface area contributed by atoms with E-state index in [1.54, 1.807) is 55.5 Å². The van der Waals surface area contributed by atoms with Gasteiger partial charge in [-0.3, -0.25) is 4.99 Å². The molecule has 2 aromatic carbocycles. The van der Waals surface area contributed by atoms with Crippen molar-refractivity contribution in [3.05, 3.63) is 69.7 Å². The molecule has 0 bridgehead atoms. The molecule has 0 saturated heterocycles. The lowest BCUT2D eigenvalue weighted by Crippen LogP contribution is -2.40. The second kappa shape index (κ2) is 11.8. The standard InChI is InChI=1S/C26H26Cl2N4O4/c1-15(21-25(33)35-23(31-21)17-5-9-19(27)10-6-17)29-13-3-4-14-30-16(2)22-26(34)36-24(32-22)18-7-11-20(28)12-8-18/h5-12,15,21-22,29H,3-4,13-14H2,1-2H3/t15-,21-,22?/m0/s1. The van der Waals surface area contributed by atoms with Gasteiger partial charge >= 0.3 is 11.9 Å². The lowest BCUT2D eigenvalue weighted by Gasteiger charge is -2.15. The first kappa shape index (κ1) is 26.0. The summed E-state index contributed by atoms with van der Waals surface area (Å²) in [4.78, 5) is 37.9. The molecular formula is C26H26Cl2N4O4. The molecule has 2 heterocycles. The van der Waals surface area contributed by atoms with E-state index in [0.717, 1.165) is 12.8 Å². The number of carbonyl (C=O) groups is 2. The topological polar surface area (TPSA) is 102 Å². The lowest BCUT2D eigenvalue weighted by atomic mass is 10.1. The van der Waals surface area contributed by atoms with Crippen molar-refractivity contribution in [1.29, 1.82) is 0 Å². The summed E-state index contributed by atoms with van der Waals surface area (Å²) in [6.45, 7) is 4.94. The average molecular weight is 529 g/mol. The zero-order chi connectivity index (χ0) is 25.7. The number of nitrogens with zero attached hydrogens (tertiary/aromatic N) is 3. The predicted octanol–water partition coefficient (Wildman–Crippen LogP) is 4.26. The maximum Gasteiger partial charge on any atom is 0.343 e. The molecule has 3 atom stereocenters. The highest BCUT2D eigenvalue weighted by Gasteiger charge is 2.34. The number of esters is 2. The summed E-state index contributed by atoms with van der Waals surface area (Å²) in [5.74, 6) is -0.213. The Morgan fingerprint density at radius 1 is 0.917 bits per heavy atom. The van der Waals surface area contributed by atoms with Crippen molar-refractivity contribution in [3.63, 3.8) is 0 Å². The molecular weight excluding hydrogens is 503 g/mol. The fourth-order valence-electron chi connectivity index (χ4n) is 3.76. The number of ether oxygens (including phenoxy) is 2. The third-order valence-corrected chi connectivity index (χ3v) is 6.33. The SMILES string of the molecule is CC(=NCCCCN[C@@H](C)[C@@H]1N=C(c2ccc(Cl)cc2)OC1=O)C1N=C(c2ccc(Cl)cc2)OC1=O. The van der Waals surface area contributed by atoms with Gasteiger partial charge in [-0.15, -0.1) is 0 Å². The fourth-order valence-corrected chi connectivity index (χ4v) is 4.01. The molecule has 1 N–H and O–H groups in total. The van der Waals surface area contributed by atoms with E-state index in [1.807, 2.05) is 6.92 Å². The van der Waals surface area contributed by atoms with Crippen molar-refractivity contribution >= 4 is 52.6 Å². The smallest absolute Gasteiger partial charge is 0.343 e. The van der Waals surface area contributed by atoms with Crippen LogP contribution in [-0.2, 0) is 19.1 Å². The van der Waals surface area contributed by atoms with Crippen molar-refractivity contribution in [1.82, 2.24) is 5.32 Å². The highest BCUT2D eigenvalue weighted by atomic mass is 35.5. The Balaban J connectivity index is 1.21. The zero-order valence-electron chi connectivity index (χ0n) is 19.9. The van der Waals surface area contributed by atoms with Gasteiger partial charge in [-0.1, -0.05) is 23.2 Å². The molecule has 2 aliphatic rings. The normalized spacial score (nSPS) is 20.6. The number of carbonyl (C=O) groups excluding carboxylic acids is 2. The van der Waals surface area contributed by atoms with Gasteiger partial charge in [0, 0.05) is 39.5 Å². The number of nitrogens with one attached hydrogen (secondary N) is 1. The molecule has 0 spiro atoms. The molecule has 1 unspecified atom stereocenters. The third kappa shape index (κ3) is 6.37. The van der Waals surface area contributed by atoms with E-state index in [1.165, 1.54) is 0 Å². The minimum Gasteiger partial charge on any atom is -0.406 e. The molecule has 8 nitrogen and oxygen atoms in total. The van der Waals surface area contributed by atoms with Crippen molar-refractivity contribution in [2.45, 2.75) is 44.8 Å². The molecule has 0 aromatic heterocycles. The van der Waals surface area contributed by atoms with Gasteiger partial charge in [0.05, 0.1) is 0 Å². The van der Waals surface area contributed by atoms with Crippen LogP contribution in [-0.4, -0.2) is 60.7 Å². The Morgan fingerprint density at radius 3 is 2.08 bits per heavy atom. The number of hydrogen-bond acceptors (Lipinski definition) is 8. The maximum absolute atomic E-state index is 12.3. The highest BCUT2D eigenvalue weighted by molar-refractivity contribution is 6.31. The predicted molar refractivity (Wildman–Crippen MR) is 140 cm³/mol. The van der Waals surface area contributed by atoms with Gasteiger partial charge in [0.1, 0.15) is 0 Å². The van der Waals surface area contributed by atoms with E-state index in [-0.39, 0.29) is 17.9 Å². The number of cyclic esters (lactones) is 2. The first-order chi connectivity index (χ1) is 17.3. The Kier molecular flexibility index (Phi) is 8.51. The summed E-state index contributed by atoms with van der Waals surface area (Å²) in [5, 5.41) is 4.53. The second-order valence-corrected chi connectivity index (χ2v) is 9.42. The van der Waals surface area contributed by atoms with Gasteiger partial charge in [-0.05, 0) is 81.8 Å². The Bertz CT molecular complexity index is 1210. The second-order valence-electron chi connectivity index (χ2n) is 8.54. The molecule has 0 amide bonds. The van der Waals surface area contributed by atoms with Crippen molar-refractivity contribution in [3.8, 4) is 0 Å². The maximum atomic E-state index is 12.3. The highest BCUT2D eigenvalue weighted by Crippen LogP contribution is 2.19. The summed E-state index contributed by atoms with van der Waals surface area (Å²) in [6, 6.07) is 12.4. The van der Waals surface area contributed by atoms with Gasteiger partial charge in [0.2, 0.25) is 11.8 Å². The van der Waals surface area contributed by atoms with E-state index >= 15 is 0 Å². The lowest BCUT2D eigenvalue weighted by molar-refractivity contribution is -0.135. The summed E-state index contributed by atoms with van der Waals surface area (Å²) >= 11 is 11.8. The molecule has 2 aliphatic heterocycles. The van der Waals surface area contributed by atoms with Crippen LogP contribution >= 0.6 is 23.2 Å². The quantitative estimate of drug-likeness (QED) is 0.282. The van der Waals surface area contributed by atoms with Crippen LogP contribution in [0.25, 0.3) is 0 Å². The molecule has 2 aromatic rings. The summed E-state index contributed by atoms with van der Waals surface area (Å²) < 4.78 is 10.7. The largest absolute Gasteiger partial charge is 0.406 e. The van der Waals surface area contributed by atoms with Gasteiger partial charge in [-0.2, -0.15) is 0 Å². The minimum atomic E-state index is -0.727. The number of unbranched alkanes of at least 4 members (excludes halogenated alkanes) is 1. The molecule has 36 heavy (non-hydrogen) atoms. The number of halogens is 2. The molecule has 188 valence electrons. The Labute approximate surface area is 219 Å². The van der Waals surface area contributed by atoms with E-state index in [9.17, 15) is 9.59 Å². The molecule has 0 aliphatic carbocycles. The molecule has 0 fully saturated rings. The summed E-state index contributed by atoms with van der Waals surface area (Å²) in [7, 11) is 0. The first-order valence-corrected chi connectivity index (χ1v) is 12.4. The van der Waals surface area contributed by atoms with Gasteiger partial charge in [0.25, 0.3) is 0 Å². The van der Waals surface area contributed by atoms with Crippen LogP contribution in [0.15, 0.2) is 63.5 Å². The first-order valence-electron chi connectivity index (χ1n) is 11.7. The van der Waals surface area contributed by atoms with E-state index in [2.05, 4.69) is 20.3 Å². The van der Waals surface area contributed by atoms with E-state index in [4.69, 9.17) is 32.7 Å². The molecule has 0 radical (unpaired) electrons. The Morgan fingerprint density at radius 2 is 1.47 bits per heavy atom. The van der Waals surface area contributed by atoms with E-state index in [0.29, 0.717) is 45.9 Å². The third-order valence-electron chi connectivity index (χ3n) is 5.83. The molecule has 0 saturated carbocycles. The molecule has 10 heteroatoms. The monoisotopic (exact) mass is 528 g/mol. The zero-order valence-corrected chi connectivity index (χ0v) is 21.4. The Hall–Kier alpha value is -3.07. The number of rotatable bonds is 10. The number of hydrogen-bond donors (Lipinski definition) is 1. The van der Waals surface area contributed by atoms with Crippen LogP contribution in [0.3, 0.4) is 0 Å². The van der Waals surface area contributed by atoms with Gasteiger partial charge in [0.15, 0.2) is 12.1 Å². The fraction of sp³-hybridized carbons (Fsp3) is 0.346. The van der Waals surface area contributed by atoms with Gasteiger partial charge < -0.3 is 14.8 Å². The summed E-state index contributed by atoms with van der Waals surface area (Å²) in [6.07, 6.45) is 1.64. The van der Waals surface area contributed by atoms with Crippen molar-refractivity contribution in [2.24, 2.45) is 15.0 Å². The van der Waals surface area contributed by atoms with E-state index < -0.39 is 18.1 Å². The van der Waals surface area contributed by atoms with Crippen LogP contribution < -0.4 is 5.32 Å². The average Bonchev–Trinajstić information content (AvgIpc) is 3.44. The molecule has 4 rings (SSSR count). The van der Waals surface area contributed by atoms with Crippen LogP contribution in [0.5, 0.6) is 0 Å². The number of aliphatic imine (C=N–C) groups is 3. The van der Waals surface area contributed by atoms with Crippen LogP contribution in [0.1, 0.15) is 37.8 Å². The van der Waals surface area contributed by atoms with Crippen LogP contribution in [0, 0.1) is 0 Å². The summed E-state index contributed by atoms with van der Waals surface area (Å²) in [5.41, 5.74) is 2.02. The minimum absolute atomic E-state index is 0.179. The van der Waals surface area contributed by atoms with Crippen LogP contribution in [0.4, 0.5) is 0 Å². The van der Waals surface area contributed by atoms with Gasteiger partial charge in [-0.25, -0.2) is 19.6 Å². The van der Waals surface area contributed by atoms with Crippen LogP contribution in [0.2, 0.25) is 10.0 Å². The number of benzene rings is 2. The van der Waals surface area contributed by atoms with Crippen molar-refractivity contribution < 1.29 is 19.1 Å².